The van der Waals surface area contributed by atoms with E-state index in [1.165, 1.54) is 4.68 Å². The van der Waals surface area contributed by atoms with Gasteiger partial charge in [-0.05, 0) is 47.2 Å². The first kappa shape index (κ1) is 16.5. The largest absolute Gasteiger partial charge is 0.451 e. The second kappa shape index (κ2) is 7.02. The molecule has 124 valence electrons. The van der Waals surface area contributed by atoms with Crippen molar-refractivity contribution in [3.05, 3.63) is 46.1 Å². The summed E-state index contributed by atoms with van der Waals surface area (Å²) in [4.78, 5) is 12.3. The average Bonchev–Trinajstić information content (AvgIpc) is 3.20. The highest BCUT2D eigenvalue weighted by Gasteiger charge is 2.17. The third kappa shape index (κ3) is 3.42. The quantitative estimate of drug-likeness (QED) is 0.740. The second-order valence-electron chi connectivity index (χ2n) is 4.97. The summed E-state index contributed by atoms with van der Waals surface area (Å²) in [5, 5.41) is 14.8. The van der Waals surface area contributed by atoms with Crippen LogP contribution in [0.4, 0.5) is 5.95 Å². The normalized spacial score (nSPS) is 10.8. The number of hydrogen-bond donors (Lipinski definition) is 1. The number of benzene rings is 1. The molecule has 0 aliphatic carbocycles. The number of hydrogen-bond acceptors (Lipinski definition) is 5. The molecule has 24 heavy (non-hydrogen) atoms. The molecule has 0 atom stereocenters. The Balaban J connectivity index is 1.81. The molecule has 0 saturated carbocycles. The van der Waals surface area contributed by atoms with Gasteiger partial charge in [0.25, 0.3) is 5.91 Å². The number of aromatic nitrogens is 4. The van der Waals surface area contributed by atoms with Crippen LogP contribution < -0.4 is 5.32 Å². The van der Waals surface area contributed by atoms with E-state index < -0.39 is 5.91 Å². The molecule has 0 spiro atoms. The SMILES string of the molecule is CCCn1nnnc1NC(=O)c1ccc(-c2cc(Cl)ccc2Cl)o1. The number of anilines is 1. The van der Waals surface area contributed by atoms with Gasteiger partial charge in [-0.2, -0.15) is 0 Å². The standard InChI is InChI=1S/C15H13Cl2N5O2/c1-2-7-22-15(19-20-21-22)18-14(23)13-6-5-12(24-13)10-8-9(16)3-4-11(10)17/h3-6,8H,2,7H2,1H3,(H,18,19,21,23). The van der Waals surface area contributed by atoms with Crippen LogP contribution in [-0.4, -0.2) is 26.1 Å². The molecule has 9 heteroatoms. The van der Waals surface area contributed by atoms with Crippen LogP contribution in [0, 0.1) is 0 Å². The van der Waals surface area contributed by atoms with Crippen molar-refractivity contribution in [2.45, 2.75) is 19.9 Å². The Bertz CT molecular complexity index is 874. The van der Waals surface area contributed by atoms with E-state index >= 15 is 0 Å². The van der Waals surface area contributed by atoms with Crippen molar-refractivity contribution in [2.75, 3.05) is 5.32 Å². The highest BCUT2D eigenvalue weighted by molar-refractivity contribution is 6.35. The second-order valence-corrected chi connectivity index (χ2v) is 5.81. The number of rotatable bonds is 5. The maximum absolute atomic E-state index is 12.3. The lowest BCUT2D eigenvalue weighted by molar-refractivity contribution is 0.0996. The monoisotopic (exact) mass is 365 g/mol. The van der Waals surface area contributed by atoms with Crippen molar-refractivity contribution >= 4 is 35.1 Å². The van der Waals surface area contributed by atoms with Gasteiger partial charge in [0.1, 0.15) is 5.76 Å². The van der Waals surface area contributed by atoms with E-state index in [1.54, 1.807) is 30.3 Å². The highest BCUT2D eigenvalue weighted by atomic mass is 35.5. The van der Waals surface area contributed by atoms with Crippen LogP contribution in [0.25, 0.3) is 11.3 Å². The number of aryl methyl sites for hydroxylation is 1. The number of carbonyl (C=O) groups excluding carboxylic acids is 1. The van der Waals surface area contributed by atoms with Gasteiger partial charge in [-0.25, -0.2) is 4.68 Å². The number of carbonyl (C=O) groups is 1. The molecule has 0 unspecified atom stereocenters. The summed E-state index contributed by atoms with van der Waals surface area (Å²) < 4.78 is 7.09. The van der Waals surface area contributed by atoms with Crippen LogP contribution in [0.3, 0.4) is 0 Å². The van der Waals surface area contributed by atoms with Crippen LogP contribution >= 0.6 is 23.2 Å². The summed E-state index contributed by atoms with van der Waals surface area (Å²) in [5.41, 5.74) is 0.610. The van der Waals surface area contributed by atoms with E-state index in [0.717, 1.165) is 6.42 Å². The van der Waals surface area contributed by atoms with E-state index in [4.69, 9.17) is 27.6 Å². The zero-order chi connectivity index (χ0) is 17.1. The molecule has 0 fully saturated rings. The maximum Gasteiger partial charge on any atom is 0.293 e. The summed E-state index contributed by atoms with van der Waals surface area (Å²) in [6.07, 6.45) is 0.839. The molecule has 1 N–H and O–H groups in total. The topological polar surface area (TPSA) is 85.8 Å². The first-order valence-electron chi connectivity index (χ1n) is 7.21. The van der Waals surface area contributed by atoms with Crippen molar-refractivity contribution in [2.24, 2.45) is 0 Å². The van der Waals surface area contributed by atoms with Crippen LogP contribution in [0.2, 0.25) is 10.0 Å². The predicted octanol–water partition coefficient (Wildman–Crippen LogP) is 3.90. The molecule has 0 saturated heterocycles. The molecule has 1 amide bonds. The zero-order valence-electron chi connectivity index (χ0n) is 12.7. The van der Waals surface area contributed by atoms with Crippen molar-refractivity contribution in [3.8, 4) is 11.3 Å². The molecule has 2 aromatic heterocycles. The van der Waals surface area contributed by atoms with Gasteiger partial charge >= 0.3 is 0 Å². The van der Waals surface area contributed by atoms with Gasteiger partial charge in [0.05, 0.1) is 5.02 Å². The zero-order valence-corrected chi connectivity index (χ0v) is 14.2. The highest BCUT2D eigenvalue weighted by Crippen LogP contribution is 2.31. The van der Waals surface area contributed by atoms with Gasteiger partial charge < -0.3 is 4.42 Å². The minimum Gasteiger partial charge on any atom is -0.451 e. The molecule has 2 heterocycles. The van der Waals surface area contributed by atoms with Gasteiger partial charge in [-0.15, -0.1) is 0 Å². The lowest BCUT2D eigenvalue weighted by Gasteiger charge is -2.04. The van der Waals surface area contributed by atoms with Crippen LogP contribution in [-0.2, 0) is 6.54 Å². The Labute approximate surface area is 147 Å². The molecular weight excluding hydrogens is 353 g/mol. The Morgan fingerprint density at radius 3 is 2.92 bits per heavy atom. The number of nitrogens with one attached hydrogen (secondary N) is 1. The minimum atomic E-state index is -0.452. The minimum absolute atomic E-state index is 0.118. The fourth-order valence-corrected chi connectivity index (χ4v) is 2.49. The van der Waals surface area contributed by atoms with Crippen molar-refractivity contribution in [3.63, 3.8) is 0 Å². The molecule has 0 aliphatic heterocycles. The van der Waals surface area contributed by atoms with Crippen LogP contribution in [0.1, 0.15) is 23.9 Å². The van der Waals surface area contributed by atoms with Gasteiger partial charge in [0, 0.05) is 17.1 Å². The van der Waals surface area contributed by atoms with Crippen molar-refractivity contribution < 1.29 is 9.21 Å². The molecular formula is C15H13Cl2N5O2. The van der Waals surface area contributed by atoms with Crippen LogP contribution in [0.15, 0.2) is 34.7 Å². The summed E-state index contributed by atoms with van der Waals surface area (Å²) >= 11 is 12.1. The molecule has 3 rings (SSSR count). The number of nitrogens with zero attached hydrogens (tertiary/aromatic N) is 4. The van der Waals surface area contributed by atoms with E-state index in [2.05, 4.69) is 20.8 Å². The smallest absolute Gasteiger partial charge is 0.293 e. The fourth-order valence-electron chi connectivity index (χ4n) is 2.11. The predicted molar refractivity (Wildman–Crippen MR) is 90.2 cm³/mol. The van der Waals surface area contributed by atoms with E-state index in [9.17, 15) is 4.79 Å². The first-order valence-corrected chi connectivity index (χ1v) is 7.97. The lowest BCUT2D eigenvalue weighted by Crippen LogP contribution is -2.16. The van der Waals surface area contributed by atoms with E-state index in [0.29, 0.717) is 27.9 Å². The van der Waals surface area contributed by atoms with E-state index in [1.807, 2.05) is 6.92 Å². The number of tetrazole rings is 1. The summed E-state index contributed by atoms with van der Waals surface area (Å²) in [7, 11) is 0. The number of halogens is 2. The van der Waals surface area contributed by atoms with Gasteiger partial charge in [-0.1, -0.05) is 35.2 Å². The summed E-state index contributed by atoms with van der Waals surface area (Å²) in [6.45, 7) is 2.59. The Morgan fingerprint density at radius 2 is 2.12 bits per heavy atom. The molecule has 0 radical (unpaired) electrons. The van der Waals surface area contributed by atoms with Gasteiger partial charge in [0.15, 0.2) is 5.76 Å². The summed E-state index contributed by atoms with van der Waals surface area (Å²) in [5.74, 6) is 0.375. The Kier molecular flexibility index (Phi) is 4.82. The molecule has 0 bridgehead atoms. The third-order valence-corrected chi connectivity index (χ3v) is 3.78. The summed E-state index contributed by atoms with van der Waals surface area (Å²) in [6, 6.07) is 8.22. The number of furan rings is 1. The Morgan fingerprint density at radius 1 is 1.29 bits per heavy atom. The van der Waals surface area contributed by atoms with E-state index in [-0.39, 0.29) is 11.7 Å². The van der Waals surface area contributed by atoms with Crippen molar-refractivity contribution in [1.82, 2.24) is 20.2 Å². The molecule has 3 aromatic rings. The van der Waals surface area contributed by atoms with Crippen molar-refractivity contribution in [1.29, 1.82) is 0 Å². The lowest BCUT2D eigenvalue weighted by atomic mass is 10.2. The van der Waals surface area contributed by atoms with Crippen LogP contribution in [0.5, 0.6) is 0 Å². The molecule has 7 nitrogen and oxygen atoms in total. The van der Waals surface area contributed by atoms with Gasteiger partial charge in [-0.3, -0.25) is 10.1 Å². The third-order valence-electron chi connectivity index (χ3n) is 3.22. The molecule has 0 aliphatic rings. The fraction of sp³-hybridized carbons (Fsp3) is 0.200. The average molecular weight is 366 g/mol. The Hall–Kier alpha value is -2.38. The van der Waals surface area contributed by atoms with Gasteiger partial charge in [0.2, 0.25) is 5.95 Å². The first-order chi connectivity index (χ1) is 11.6. The molecule has 1 aromatic carbocycles. The number of amides is 1. The maximum atomic E-state index is 12.3.